The summed E-state index contributed by atoms with van der Waals surface area (Å²) in [7, 11) is 0. The summed E-state index contributed by atoms with van der Waals surface area (Å²) in [5, 5.41) is 24.3. The smallest absolute Gasteiger partial charge is 0.0942 e. The zero-order valence-corrected chi connectivity index (χ0v) is 9.00. The molecule has 0 bridgehead atoms. The molecule has 0 fully saturated rings. The van der Waals surface area contributed by atoms with Gasteiger partial charge in [-0.1, -0.05) is 12.1 Å². The molecule has 80 valence electrons. The molecule has 2 rings (SSSR count). The van der Waals surface area contributed by atoms with Gasteiger partial charge in [0.2, 0.25) is 0 Å². The molecule has 1 aromatic heterocycles. The van der Waals surface area contributed by atoms with Gasteiger partial charge >= 0.3 is 0 Å². The minimum atomic E-state index is -0.708. The first kappa shape index (κ1) is 10.4. The number of aliphatic hydroxyl groups is 2. The van der Waals surface area contributed by atoms with Gasteiger partial charge in [0.05, 0.1) is 23.1 Å². The van der Waals surface area contributed by atoms with Gasteiger partial charge in [0, 0.05) is 6.54 Å². The van der Waals surface area contributed by atoms with E-state index in [2.05, 4.69) is 17.4 Å². The molecule has 4 heteroatoms. The third-order valence-corrected chi connectivity index (χ3v) is 3.18. The number of nitrogens with one attached hydrogen (secondary N) is 1. The van der Waals surface area contributed by atoms with E-state index >= 15 is 0 Å². The molecule has 0 spiro atoms. The third kappa shape index (κ3) is 2.28. The van der Waals surface area contributed by atoms with Crippen molar-refractivity contribution in [3.63, 3.8) is 0 Å². The number of fused-ring (bicyclic) bond motifs is 1. The summed E-state index contributed by atoms with van der Waals surface area (Å²) < 4.78 is 1.18. The summed E-state index contributed by atoms with van der Waals surface area (Å²) >= 11 is 1.67. The van der Waals surface area contributed by atoms with Crippen LogP contribution in [0, 0.1) is 0 Å². The summed E-state index contributed by atoms with van der Waals surface area (Å²) in [6, 6.07) is 8.07. The second-order valence-electron chi connectivity index (χ2n) is 3.36. The van der Waals surface area contributed by atoms with Crippen LogP contribution in [0.2, 0.25) is 0 Å². The number of benzene rings is 1. The first-order valence-electron chi connectivity index (χ1n) is 4.80. The maximum absolute atomic E-state index is 9.23. The number of rotatable bonds is 4. The fourth-order valence-corrected chi connectivity index (χ4v) is 2.31. The molecule has 0 amide bonds. The Kier molecular flexibility index (Phi) is 3.20. The molecule has 0 aliphatic carbocycles. The Morgan fingerprint density at radius 2 is 2.20 bits per heavy atom. The van der Waals surface area contributed by atoms with Crippen LogP contribution in [0.25, 0.3) is 10.1 Å². The zero-order valence-electron chi connectivity index (χ0n) is 8.18. The first-order valence-corrected chi connectivity index (χ1v) is 5.68. The maximum atomic E-state index is 9.23. The quantitative estimate of drug-likeness (QED) is 0.739. The van der Waals surface area contributed by atoms with E-state index in [0.717, 1.165) is 5.69 Å². The van der Waals surface area contributed by atoms with Crippen LogP contribution in [-0.4, -0.2) is 29.5 Å². The van der Waals surface area contributed by atoms with Gasteiger partial charge in [-0.25, -0.2) is 0 Å². The van der Waals surface area contributed by atoms with Gasteiger partial charge in [-0.3, -0.25) is 0 Å². The van der Waals surface area contributed by atoms with Crippen LogP contribution in [0.5, 0.6) is 0 Å². The van der Waals surface area contributed by atoms with Crippen molar-refractivity contribution in [2.45, 2.75) is 6.10 Å². The van der Waals surface area contributed by atoms with Crippen molar-refractivity contribution >= 4 is 27.1 Å². The average molecular weight is 223 g/mol. The van der Waals surface area contributed by atoms with E-state index in [0.29, 0.717) is 6.54 Å². The summed E-state index contributed by atoms with van der Waals surface area (Å²) in [5.41, 5.74) is 1.01. The van der Waals surface area contributed by atoms with Crippen molar-refractivity contribution < 1.29 is 10.2 Å². The third-order valence-electron chi connectivity index (χ3n) is 2.22. The van der Waals surface area contributed by atoms with E-state index < -0.39 is 6.10 Å². The number of hydrogen-bond donors (Lipinski definition) is 3. The van der Waals surface area contributed by atoms with Crippen LogP contribution < -0.4 is 5.32 Å². The van der Waals surface area contributed by atoms with Crippen LogP contribution in [0.3, 0.4) is 0 Å². The molecule has 1 atom stereocenters. The first-order chi connectivity index (χ1) is 7.31. The van der Waals surface area contributed by atoms with Crippen molar-refractivity contribution in [2.24, 2.45) is 0 Å². The summed E-state index contributed by atoms with van der Waals surface area (Å²) in [6.45, 7) is 0.154. The summed E-state index contributed by atoms with van der Waals surface area (Å²) in [4.78, 5) is 0. The van der Waals surface area contributed by atoms with E-state index in [1.54, 1.807) is 11.3 Å². The maximum Gasteiger partial charge on any atom is 0.0942 e. The second-order valence-corrected chi connectivity index (χ2v) is 4.28. The molecule has 0 radical (unpaired) electrons. The number of hydrogen-bond acceptors (Lipinski definition) is 4. The van der Waals surface area contributed by atoms with E-state index in [1.807, 2.05) is 17.5 Å². The van der Waals surface area contributed by atoms with Crippen LogP contribution >= 0.6 is 11.3 Å². The zero-order chi connectivity index (χ0) is 10.7. The van der Waals surface area contributed by atoms with E-state index in [9.17, 15) is 5.11 Å². The van der Waals surface area contributed by atoms with E-state index in [4.69, 9.17) is 5.11 Å². The van der Waals surface area contributed by atoms with Crippen LogP contribution in [0.15, 0.2) is 29.6 Å². The van der Waals surface area contributed by atoms with Crippen molar-refractivity contribution in [3.05, 3.63) is 29.6 Å². The number of aliphatic hydroxyl groups excluding tert-OH is 2. The molecule has 0 aliphatic rings. The van der Waals surface area contributed by atoms with Crippen LogP contribution in [0.1, 0.15) is 0 Å². The molecule has 1 heterocycles. The highest BCUT2D eigenvalue weighted by molar-refractivity contribution is 7.17. The monoisotopic (exact) mass is 223 g/mol. The predicted octanol–water partition coefficient (Wildman–Crippen LogP) is 1.67. The van der Waals surface area contributed by atoms with Gasteiger partial charge in [0.25, 0.3) is 0 Å². The molecule has 2 aromatic rings. The minimum absolute atomic E-state index is 0.215. The second kappa shape index (κ2) is 4.61. The van der Waals surface area contributed by atoms with Gasteiger partial charge in [-0.15, -0.1) is 11.3 Å². The normalized spacial score (nSPS) is 12.9. The molecule has 0 saturated carbocycles. The topological polar surface area (TPSA) is 52.5 Å². The van der Waals surface area contributed by atoms with Gasteiger partial charge in [0.15, 0.2) is 0 Å². The van der Waals surface area contributed by atoms with Gasteiger partial charge in [-0.05, 0) is 22.9 Å². The predicted molar refractivity (Wildman–Crippen MR) is 63.4 cm³/mol. The molecule has 1 aromatic carbocycles. The fraction of sp³-hybridized carbons (Fsp3) is 0.273. The number of anilines is 1. The SMILES string of the molecule is OCC(O)CNc1cccc2ccsc12. The molecule has 1 unspecified atom stereocenters. The Morgan fingerprint density at radius 1 is 1.33 bits per heavy atom. The lowest BCUT2D eigenvalue weighted by molar-refractivity contribution is 0.105. The van der Waals surface area contributed by atoms with Crippen molar-refractivity contribution in [2.75, 3.05) is 18.5 Å². The average Bonchev–Trinajstić information content (AvgIpc) is 2.74. The van der Waals surface area contributed by atoms with Crippen LogP contribution in [0.4, 0.5) is 5.69 Å². The lowest BCUT2D eigenvalue weighted by Crippen LogP contribution is -2.22. The Hall–Kier alpha value is -1.10. The highest BCUT2D eigenvalue weighted by Gasteiger charge is 2.04. The Bertz CT molecular complexity index is 441. The molecule has 0 saturated heterocycles. The van der Waals surface area contributed by atoms with Gasteiger partial charge < -0.3 is 15.5 Å². The van der Waals surface area contributed by atoms with E-state index in [-0.39, 0.29) is 6.61 Å². The van der Waals surface area contributed by atoms with Crippen molar-refractivity contribution in [1.82, 2.24) is 0 Å². The van der Waals surface area contributed by atoms with Gasteiger partial charge in [-0.2, -0.15) is 0 Å². The molecular weight excluding hydrogens is 210 g/mol. The van der Waals surface area contributed by atoms with Crippen molar-refractivity contribution in [1.29, 1.82) is 0 Å². The number of thiophene rings is 1. The minimum Gasteiger partial charge on any atom is -0.394 e. The van der Waals surface area contributed by atoms with Crippen molar-refractivity contribution in [3.8, 4) is 0 Å². The molecule has 15 heavy (non-hydrogen) atoms. The molecule has 3 N–H and O–H groups in total. The highest BCUT2D eigenvalue weighted by Crippen LogP contribution is 2.28. The summed E-state index contributed by atoms with van der Waals surface area (Å²) in [5.74, 6) is 0. The highest BCUT2D eigenvalue weighted by atomic mass is 32.1. The Morgan fingerprint density at radius 3 is 3.00 bits per heavy atom. The fourth-order valence-electron chi connectivity index (χ4n) is 1.42. The van der Waals surface area contributed by atoms with Crippen LogP contribution in [-0.2, 0) is 0 Å². The Balaban J connectivity index is 2.17. The molecular formula is C11H13NO2S. The molecule has 0 aliphatic heterocycles. The van der Waals surface area contributed by atoms with Gasteiger partial charge in [0.1, 0.15) is 0 Å². The lowest BCUT2D eigenvalue weighted by atomic mass is 10.2. The summed E-state index contributed by atoms with van der Waals surface area (Å²) in [6.07, 6.45) is -0.708. The Labute approximate surface area is 92.0 Å². The largest absolute Gasteiger partial charge is 0.394 e. The standard InChI is InChI=1S/C11H13NO2S/c13-7-9(14)6-12-10-3-1-2-8-4-5-15-11(8)10/h1-5,9,12-14H,6-7H2. The molecule has 3 nitrogen and oxygen atoms in total. The lowest BCUT2D eigenvalue weighted by Gasteiger charge is -2.10. The van der Waals surface area contributed by atoms with E-state index in [1.165, 1.54) is 10.1 Å².